The van der Waals surface area contributed by atoms with Gasteiger partial charge < -0.3 is 25.0 Å². The summed E-state index contributed by atoms with van der Waals surface area (Å²) in [5.41, 5.74) is 3.87. The number of amides is 3. The van der Waals surface area contributed by atoms with Crippen molar-refractivity contribution in [3.05, 3.63) is 41.0 Å². The zero-order valence-electron chi connectivity index (χ0n) is 31.0. The second kappa shape index (κ2) is 14.7. The van der Waals surface area contributed by atoms with Gasteiger partial charge in [-0.05, 0) is 68.4 Å². The molecule has 0 radical (unpaired) electrons. The van der Waals surface area contributed by atoms with Crippen molar-refractivity contribution < 1.29 is 29.0 Å². The minimum atomic E-state index is -0.858. The number of carbonyl (C=O) groups excluding carboxylic acids is 4. The number of rotatable bonds is 9. The van der Waals surface area contributed by atoms with Crippen molar-refractivity contribution in [2.75, 3.05) is 39.3 Å². The van der Waals surface area contributed by atoms with Gasteiger partial charge in [0.15, 0.2) is 5.78 Å². The lowest BCUT2D eigenvalue weighted by Crippen LogP contribution is -2.63. The van der Waals surface area contributed by atoms with Crippen LogP contribution in [-0.4, -0.2) is 112 Å². The van der Waals surface area contributed by atoms with E-state index in [9.17, 15) is 24.3 Å². The Morgan fingerprint density at radius 3 is 2.26 bits per heavy atom. The van der Waals surface area contributed by atoms with Crippen LogP contribution < -0.4 is 5.32 Å². The molecule has 0 aliphatic carbocycles. The molecule has 0 unspecified atom stereocenters. The van der Waals surface area contributed by atoms with E-state index in [4.69, 9.17) is 4.74 Å². The Balaban J connectivity index is 1.15. The van der Waals surface area contributed by atoms with Crippen molar-refractivity contribution >= 4 is 35.0 Å². The van der Waals surface area contributed by atoms with Crippen molar-refractivity contribution in [3.63, 3.8) is 0 Å². The summed E-state index contributed by atoms with van der Waals surface area (Å²) in [4.78, 5) is 64.4. The number of thiazole rings is 1. The van der Waals surface area contributed by atoms with Crippen LogP contribution in [0.4, 0.5) is 4.79 Å². The minimum Gasteiger partial charge on any atom is -0.444 e. The lowest BCUT2D eigenvalue weighted by Gasteiger charge is -2.53. The highest BCUT2D eigenvalue weighted by Crippen LogP contribution is 2.40. The highest BCUT2D eigenvalue weighted by molar-refractivity contribution is 7.13. The molecule has 3 saturated heterocycles. The first-order chi connectivity index (χ1) is 23.3. The Hall–Kier alpha value is -3.35. The number of benzene rings is 1. The topological polar surface area (TPSA) is 132 Å². The Morgan fingerprint density at radius 1 is 1.06 bits per heavy atom. The number of carbonyl (C=O) groups is 4. The molecule has 274 valence electrons. The lowest BCUT2D eigenvalue weighted by molar-refractivity contribution is -0.144. The van der Waals surface area contributed by atoms with Gasteiger partial charge in [0.1, 0.15) is 11.6 Å². The number of β-amino-alcohol motifs (C(OH)–C–C–N with tert-alkyl or cyclic N) is 1. The quantitative estimate of drug-likeness (QED) is 0.372. The zero-order valence-corrected chi connectivity index (χ0v) is 31.8. The Labute approximate surface area is 300 Å². The van der Waals surface area contributed by atoms with Gasteiger partial charge in [0.25, 0.3) is 0 Å². The summed E-state index contributed by atoms with van der Waals surface area (Å²) in [6, 6.07) is 6.58. The first-order valence-corrected chi connectivity index (χ1v) is 18.7. The molecule has 1 spiro atoms. The van der Waals surface area contributed by atoms with Crippen LogP contribution in [-0.2, 0) is 19.1 Å². The number of nitrogens with one attached hydrogen (secondary N) is 1. The number of nitrogens with zero attached hydrogens (tertiary/aromatic N) is 4. The van der Waals surface area contributed by atoms with E-state index in [2.05, 4.69) is 27.3 Å². The van der Waals surface area contributed by atoms with E-state index in [0.717, 1.165) is 47.6 Å². The molecule has 2 N–H and O–H groups in total. The molecule has 2 aromatic rings. The van der Waals surface area contributed by atoms with Gasteiger partial charge in [-0.2, -0.15) is 0 Å². The standard InChI is InChI=1S/C38H55N5O6S/c1-24(26-9-11-27(12-10-26)32-25(2)39-23-50-32)17-30(45)29-18-28(44)19-43(29)34(47)33(36(3,4)5)40-31(46)20-41-21-38(22-41)13-15-42(16-14-38)35(48)49-37(6,7)8/h9-12,23-24,28-29,33,44H,13-22H2,1-8H3,(H,40,46)/t24-,28-,29+,33-/m1/s1. The number of piperidine rings is 1. The smallest absolute Gasteiger partial charge is 0.410 e. The third-order valence-corrected chi connectivity index (χ3v) is 11.3. The van der Waals surface area contributed by atoms with Crippen molar-refractivity contribution in [3.8, 4) is 10.4 Å². The zero-order chi connectivity index (χ0) is 36.6. The Kier molecular flexibility index (Phi) is 11.2. The van der Waals surface area contributed by atoms with Gasteiger partial charge >= 0.3 is 6.09 Å². The van der Waals surface area contributed by atoms with Crippen LogP contribution in [0, 0.1) is 17.8 Å². The van der Waals surface area contributed by atoms with Crippen molar-refractivity contribution in [1.29, 1.82) is 0 Å². The summed E-state index contributed by atoms with van der Waals surface area (Å²) in [7, 11) is 0. The van der Waals surface area contributed by atoms with Crippen LogP contribution in [0.25, 0.3) is 10.4 Å². The van der Waals surface area contributed by atoms with Crippen LogP contribution in [0.1, 0.15) is 91.3 Å². The summed E-state index contributed by atoms with van der Waals surface area (Å²) in [6.07, 6.45) is 1.05. The molecule has 3 fully saturated rings. The number of Topliss-reactive ketones (excluding diaryl/α,β-unsaturated/α-hetero) is 1. The van der Waals surface area contributed by atoms with Crippen LogP contribution in [0.3, 0.4) is 0 Å². The maximum atomic E-state index is 14.1. The maximum Gasteiger partial charge on any atom is 0.410 e. The first kappa shape index (κ1) is 37.9. The number of aryl methyl sites for hydroxylation is 1. The summed E-state index contributed by atoms with van der Waals surface area (Å²) in [5, 5.41) is 13.6. The number of ether oxygens (including phenoxy) is 1. The summed E-state index contributed by atoms with van der Waals surface area (Å²) < 4.78 is 5.53. The van der Waals surface area contributed by atoms with Crippen LogP contribution in [0.5, 0.6) is 0 Å². The Bertz CT molecular complexity index is 1540. The van der Waals surface area contributed by atoms with Gasteiger partial charge in [-0.15, -0.1) is 11.3 Å². The normalized spacial score (nSPS) is 22.2. The molecule has 12 heteroatoms. The second-order valence-corrected chi connectivity index (χ2v) is 17.7. The predicted molar refractivity (Wildman–Crippen MR) is 194 cm³/mol. The number of aliphatic hydroxyl groups excluding tert-OH is 1. The fraction of sp³-hybridized carbons (Fsp3) is 0.658. The fourth-order valence-electron chi connectivity index (χ4n) is 7.50. The molecule has 3 amide bonds. The molecule has 11 nitrogen and oxygen atoms in total. The number of hydrogen-bond donors (Lipinski definition) is 2. The van der Waals surface area contributed by atoms with Gasteiger partial charge in [0.05, 0.1) is 34.8 Å². The summed E-state index contributed by atoms with van der Waals surface area (Å²) in [6.45, 7) is 18.3. The molecule has 0 saturated carbocycles. The predicted octanol–water partition coefficient (Wildman–Crippen LogP) is 5.01. The molecule has 4 heterocycles. The van der Waals surface area contributed by atoms with Gasteiger partial charge in [-0.25, -0.2) is 9.78 Å². The van der Waals surface area contributed by atoms with E-state index in [0.29, 0.717) is 13.1 Å². The number of aromatic nitrogens is 1. The van der Waals surface area contributed by atoms with E-state index in [1.54, 1.807) is 16.2 Å². The molecule has 5 rings (SSSR count). The maximum absolute atomic E-state index is 14.1. The highest BCUT2D eigenvalue weighted by atomic mass is 32.1. The molecule has 50 heavy (non-hydrogen) atoms. The number of aliphatic hydroxyl groups is 1. The van der Waals surface area contributed by atoms with Crippen molar-refractivity contribution in [1.82, 2.24) is 25.0 Å². The van der Waals surface area contributed by atoms with E-state index in [-0.39, 0.29) is 61.0 Å². The van der Waals surface area contributed by atoms with Gasteiger partial charge in [0, 0.05) is 45.6 Å². The number of likely N-dealkylation sites (tertiary alicyclic amines) is 3. The van der Waals surface area contributed by atoms with E-state index in [1.807, 2.05) is 73.0 Å². The number of ketones is 1. The largest absolute Gasteiger partial charge is 0.444 e. The molecule has 3 aliphatic rings. The van der Waals surface area contributed by atoms with Gasteiger partial charge in [0.2, 0.25) is 11.8 Å². The molecule has 1 aromatic heterocycles. The Morgan fingerprint density at radius 2 is 1.70 bits per heavy atom. The number of hydrogen-bond acceptors (Lipinski definition) is 9. The van der Waals surface area contributed by atoms with Crippen LogP contribution >= 0.6 is 11.3 Å². The third-order valence-electron chi connectivity index (χ3n) is 10.3. The monoisotopic (exact) mass is 709 g/mol. The fourth-order valence-corrected chi connectivity index (χ4v) is 8.32. The van der Waals surface area contributed by atoms with Crippen LogP contribution in [0.2, 0.25) is 0 Å². The second-order valence-electron chi connectivity index (χ2n) is 16.8. The van der Waals surface area contributed by atoms with E-state index < -0.39 is 29.2 Å². The summed E-state index contributed by atoms with van der Waals surface area (Å²) >= 11 is 1.60. The van der Waals surface area contributed by atoms with Gasteiger partial charge in [-0.3, -0.25) is 19.3 Å². The molecule has 4 atom stereocenters. The highest BCUT2D eigenvalue weighted by Gasteiger charge is 2.48. The molecule has 0 bridgehead atoms. The first-order valence-electron chi connectivity index (χ1n) is 17.9. The van der Waals surface area contributed by atoms with Gasteiger partial charge in [-0.1, -0.05) is 52.0 Å². The molecular weight excluding hydrogens is 655 g/mol. The average Bonchev–Trinajstić information content (AvgIpc) is 3.63. The third kappa shape index (κ3) is 8.92. The average molecular weight is 710 g/mol. The molecular formula is C38H55N5O6S. The van der Waals surface area contributed by atoms with Crippen molar-refractivity contribution in [2.24, 2.45) is 10.8 Å². The van der Waals surface area contributed by atoms with E-state index >= 15 is 0 Å². The molecule has 1 aromatic carbocycles. The van der Waals surface area contributed by atoms with E-state index in [1.165, 1.54) is 4.90 Å². The van der Waals surface area contributed by atoms with Crippen molar-refractivity contribution in [2.45, 2.75) is 111 Å². The SMILES string of the molecule is Cc1ncsc1-c1ccc([C@H](C)CC(=O)[C@@H]2C[C@@H](O)CN2C(=O)[C@@H](NC(=O)CN2CC3(CCN(C(=O)OC(C)(C)C)CC3)C2)C(C)(C)C)cc1. The lowest BCUT2D eigenvalue weighted by atomic mass is 9.72. The molecule has 3 aliphatic heterocycles. The summed E-state index contributed by atoms with van der Waals surface area (Å²) in [5.74, 6) is -0.747. The van der Waals surface area contributed by atoms with Crippen LogP contribution in [0.15, 0.2) is 29.8 Å². The minimum absolute atomic E-state index is 0.0595.